The van der Waals surface area contributed by atoms with Crippen molar-refractivity contribution in [2.24, 2.45) is 0 Å². The van der Waals surface area contributed by atoms with Crippen molar-refractivity contribution in [3.63, 3.8) is 0 Å². The number of nitrogens with one attached hydrogen (secondary N) is 1. The third-order valence-corrected chi connectivity index (χ3v) is 5.29. The zero-order valence-corrected chi connectivity index (χ0v) is 17.4. The van der Waals surface area contributed by atoms with Crippen LogP contribution in [-0.2, 0) is 13.1 Å². The molecular weight excluding hydrogens is 408 g/mol. The Bertz CT molecular complexity index is 1270. The fourth-order valence-corrected chi connectivity index (χ4v) is 3.50. The maximum Gasteiger partial charge on any atom is 0.335 e. The van der Waals surface area contributed by atoms with Gasteiger partial charge in [-0.3, -0.25) is 4.79 Å². The highest BCUT2D eigenvalue weighted by atomic mass is 16.5. The van der Waals surface area contributed by atoms with E-state index in [1.54, 1.807) is 48.2 Å². The van der Waals surface area contributed by atoms with E-state index in [9.17, 15) is 14.7 Å². The third-order valence-electron chi connectivity index (χ3n) is 5.29. The van der Waals surface area contributed by atoms with Crippen molar-refractivity contribution in [1.29, 1.82) is 0 Å². The van der Waals surface area contributed by atoms with Crippen LogP contribution in [0.25, 0.3) is 10.8 Å². The number of hydrogen-bond acceptors (Lipinski definition) is 4. The molecule has 1 aromatic heterocycles. The number of carbonyl (C=O) groups excluding carboxylic acids is 1. The lowest BCUT2D eigenvalue weighted by Gasteiger charge is -2.07. The van der Waals surface area contributed by atoms with Gasteiger partial charge in [0.05, 0.1) is 19.2 Å². The molecular formula is C25H22N2O5. The molecule has 3 aromatic carbocycles. The Morgan fingerprint density at radius 2 is 1.59 bits per heavy atom. The molecule has 0 saturated carbocycles. The molecule has 0 aliphatic heterocycles. The molecule has 7 heteroatoms. The van der Waals surface area contributed by atoms with E-state index >= 15 is 0 Å². The molecule has 0 saturated heterocycles. The maximum atomic E-state index is 12.6. The average Bonchev–Trinajstić information content (AvgIpc) is 3.12. The molecule has 32 heavy (non-hydrogen) atoms. The number of carboxylic acids is 1. The Morgan fingerprint density at radius 3 is 2.25 bits per heavy atom. The molecule has 0 unspecified atom stereocenters. The largest absolute Gasteiger partial charge is 0.497 e. The van der Waals surface area contributed by atoms with Crippen LogP contribution < -0.4 is 10.1 Å². The fourth-order valence-electron chi connectivity index (χ4n) is 3.50. The smallest absolute Gasteiger partial charge is 0.335 e. The number of aromatic hydroxyl groups is 1. The molecule has 4 rings (SSSR count). The number of benzene rings is 3. The highest BCUT2D eigenvalue weighted by Crippen LogP contribution is 2.29. The van der Waals surface area contributed by atoms with Crippen molar-refractivity contribution < 1.29 is 24.5 Å². The van der Waals surface area contributed by atoms with Gasteiger partial charge in [0.1, 0.15) is 5.75 Å². The average molecular weight is 430 g/mol. The van der Waals surface area contributed by atoms with Gasteiger partial charge in [0.15, 0.2) is 5.88 Å². The summed E-state index contributed by atoms with van der Waals surface area (Å²) in [6, 6.07) is 19.1. The summed E-state index contributed by atoms with van der Waals surface area (Å²) in [4.78, 5) is 23.6. The van der Waals surface area contributed by atoms with Crippen LogP contribution in [-0.4, -0.2) is 33.8 Å². The van der Waals surface area contributed by atoms with Crippen molar-refractivity contribution in [2.45, 2.75) is 13.1 Å². The summed E-state index contributed by atoms with van der Waals surface area (Å²) >= 11 is 0. The maximum absolute atomic E-state index is 12.6. The number of hydrogen-bond donors (Lipinski definition) is 3. The van der Waals surface area contributed by atoms with Crippen LogP contribution in [0.3, 0.4) is 0 Å². The Labute approximate surface area is 184 Å². The van der Waals surface area contributed by atoms with Crippen molar-refractivity contribution in [3.8, 4) is 11.6 Å². The lowest BCUT2D eigenvalue weighted by atomic mass is 10.1. The number of fused-ring (bicyclic) bond motifs is 1. The summed E-state index contributed by atoms with van der Waals surface area (Å²) in [7, 11) is 1.60. The lowest BCUT2D eigenvalue weighted by molar-refractivity contribution is 0.0696. The number of carboxylic acid groups (broad SMARTS) is 1. The van der Waals surface area contributed by atoms with Crippen molar-refractivity contribution in [1.82, 2.24) is 9.88 Å². The standard InChI is InChI=1S/C25H22N2O5/c1-32-21-9-4-16(5-10-21)13-26-23(28)19-8-11-22-20(12-19)15-27(24(22)29)14-17-2-6-18(7-3-17)25(30)31/h2-12,15,29H,13-14H2,1H3,(H,26,28)(H,30,31). The number of carbonyl (C=O) groups is 2. The number of ether oxygens (including phenoxy) is 1. The lowest BCUT2D eigenvalue weighted by Crippen LogP contribution is -2.22. The van der Waals surface area contributed by atoms with E-state index in [4.69, 9.17) is 9.84 Å². The molecule has 0 spiro atoms. The highest BCUT2D eigenvalue weighted by molar-refractivity contribution is 5.99. The van der Waals surface area contributed by atoms with Crippen LogP contribution >= 0.6 is 0 Å². The number of aromatic carboxylic acids is 1. The summed E-state index contributed by atoms with van der Waals surface area (Å²) in [5.41, 5.74) is 2.51. The Morgan fingerprint density at radius 1 is 0.938 bits per heavy atom. The molecule has 7 nitrogen and oxygen atoms in total. The Hall–Kier alpha value is -4.26. The van der Waals surface area contributed by atoms with Gasteiger partial charge >= 0.3 is 5.97 Å². The molecule has 0 bridgehead atoms. The first-order valence-electron chi connectivity index (χ1n) is 10.00. The van der Waals surface area contributed by atoms with Gasteiger partial charge in [-0.2, -0.15) is 0 Å². The predicted octanol–water partition coefficient (Wildman–Crippen LogP) is 4.03. The number of aromatic nitrogens is 1. The Kier molecular flexibility index (Phi) is 5.81. The number of methoxy groups -OCH3 is 1. The van der Waals surface area contributed by atoms with Gasteiger partial charge in [-0.15, -0.1) is 0 Å². The van der Waals surface area contributed by atoms with E-state index in [1.807, 2.05) is 24.3 Å². The topological polar surface area (TPSA) is 101 Å². The van der Waals surface area contributed by atoms with Gasteiger partial charge in [-0.1, -0.05) is 24.3 Å². The SMILES string of the molecule is COc1ccc(CNC(=O)c2ccc3c(O)n(Cc4ccc(C(=O)O)cc4)cc3c2)cc1. The first-order chi connectivity index (χ1) is 15.4. The van der Waals surface area contributed by atoms with Gasteiger partial charge in [0.25, 0.3) is 5.91 Å². The summed E-state index contributed by atoms with van der Waals surface area (Å²) in [6.45, 7) is 0.763. The van der Waals surface area contributed by atoms with Gasteiger partial charge in [-0.25, -0.2) is 4.79 Å². The summed E-state index contributed by atoms with van der Waals surface area (Å²) < 4.78 is 6.80. The second-order valence-electron chi connectivity index (χ2n) is 7.42. The molecule has 0 radical (unpaired) electrons. The molecule has 162 valence electrons. The monoisotopic (exact) mass is 430 g/mol. The van der Waals surface area contributed by atoms with Gasteiger partial charge in [0.2, 0.25) is 0 Å². The minimum absolute atomic E-state index is 0.0903. The molecule has 3 N–H and O–H groups in total. The first-order valence-corrected chi connectivity index (χ1v) is 10.00. The summed E-state index contributed by atoms with van der Waals surface area (Å²) in [6.07, 6.45) is 1.77. The highest BCUT2D eigenvalue weighted by Gasteiger charge is 2.13. The van der Waals surface area contributed by atoms with Crippen LogP contribution in [0.2, 0.25) is 0 Å². The zero-order valence-electron chi connectivity index (χ0n) is 17.4. The molecule has 0 atom stereocenters. The molecule has 0 aliphatic carbocycles. The van der Waals surface area contributed by atoms with E-state index < -0.39 is 5.97 Å². The van der Waals surface area contributed by atoms with Crippen LogP contribution in [0.5, 0.6) is 11.6 Å². The van der Waals surface area contributed by atoms with Crippen LogP contribution in [0.4, 0.5) is 0 Å². The molecule has 4 aromatic rings. The van der Waals surface area contributed by atoms with Gasteiger partial charge in [-0.05, 0) is 53.6 Å². The van der Waals surface area contributed by atoms with Crippen LogP contribution in [0, 0.1) is 0 Å². The van der Waals surface area contributed by atoms with Gasteiger partial charge < -0.3 is 24.8 Å². The Balaban J connectivity index is 1.48. The quantitative estimate of drug-likeness (QED) is 0.411. The number of rotatable bonds is 7. The van der Waals surface area contributed by atoms with E-state index in [2.05, 4.69) is 5.32 Å². The fraction of sp³-hybridized carbons (Fsp3) is 0.120. The van der Waals surface area contributed by atoms with Crippen molar-refractivity contribution in [3.05, 3.63) is 95.2 Å². The normalized spacial score (nSPS) is 10.8. The summed E-state index contributed by atoms with van der Waals surface area (Å²) in [5, 5.41) is 23.9. The van der Waals surface area contributed by atoms with E-state index in [-0.39, 0.29) is 17.4 Å². The summed E-state index contributed by atoms with van der Waals surface area (Å²) in [5.74, 6) is -0.344. The first kappa shape index (κ1) is 21.0. The molecule has 0 fully saturated rings. The predicted molar refractivity (Wildman–Crippen MR) is 120 cm³/mol. The van der Waals surface area contributed by atoms with Crippen LogP contribution in [0.15, 0.2) is 72.9 Å². The van der Waals surface area contributed by atoms with E-state index in [1.165, 1.54) is 12.1 Å². The number of nitrogens with zero attached hydrogens (tertiary/aromatic N) is 1. The van der Waals surface area contributed by atoms with E-state index in [0.717, 1.165) is 22.3 Å². The van der Waals surface area contributed by atoms with Crippen LogP contribution in [0.1, 0.15) is 31.8 Å². The van der Waals surface area contributed by atoms with Crippen molar-refractivity contribution >= 4 is 22.6 Å². The minimum Gasteiger partial charge on any atom is -0.497 e. The molecule has 0 aliphatic rings. The minimum atomic E-state index is -0.983. The molecule has 1 heterocycles. The van der Waals surface area contributed by atoms with E-state index in [0.29, 0.717) is 24.0 Å². The second kappa shape index (κ2) is 8.85. The van der Waals surface area contributed by atoms with Crippen molar-refractivity contribution in [2.75, 3.05) is 7.11 Å². The van der Waals surface area contributed by atoms with Gasteiger partial charge in [0, 0.05) is 29.1 Å². The second-order valence-corrected chi connectivity index (χ2v) is 7.42. The zero-order chi connectivity index (χ0) is 22.7. The number of amides is 1. The third kappa shape index (κ3) is 4.41. The molecule has 1 amide bonds.